The van der Waals surface area contributed by atoms with Crippen molar-refractivity contribution in [2.24, 2.45) is 11.7 Å². The molecule has 0 radical (unpaired) electrons. The first-order valence-corrected chi connectivity index (χ1v) is 9.97. The molecular weight excluding hydrogens is 352 g/mol. The van der Waals surface area contributed by atoms with Gasteiger partial charge in [-0.3, -0.25) is 4.68 Å². The Hall–Kier alpha value is -2.74. The minimum absolute atomic E-state index is 0.129. The molecule has 1 aliphatic carbocycles. The van der Waals surface area contributed by atoms with Gasteiger partial charge in [0.25, 0.3) is 0 Å². The van der Waals surface area contributed by atoms with Crippen molar-refractivity contribution in [3.8, 4) is 11.1 Å². The zero-order chi connectivity index (χ0) is 19.7. The summed E-state index contributed by atoms with van der Waals surface area (Å²) >= 11 is 0. The van der Waals surface area contributed by atoms with Crippen molar-refractivity contribution >= 4 is 22.7 Å². The van der Waals surface area contributed by atoms with Gasteiger partial charge in [0, 0.05) is 48.3 Å². The fourth-order valence-electron chi connectivity index (χ4n) is 3.80. The van der Waals surface area contributed by atoms with Gasteiger partial charge in [0.1, 0.15) is 5.82 Å². The second kappa shape index (κ2) is 7.71. The monoisotopic (exact) mass is 380 g/mol. The fourth-order valence-corrected chi connectivity index (χ4v) is 3.80. The van der Waals surface area contributed by atoms with Crippen LogP contribution in [-0.2, 0) is 6.54 Å². The second-order valence-electron chi connectivity index (χ2n) is 8.06. The van der Waals surface area contributed by atoms with Crippen LogP contribution in [0.4, 0.5) is 11.8 Å². The van der Waals surface area contributed by atoms with Gasteiger partial charge >= 0.3 is 0 Å². The summed E-state index contributed by atoms with van der Waals surface area (Å²) in [6.07, 6.45) is 11.8. The molecule has 8 nitrogen and oxygen atoms in total. The van der Waals surface area contributed by atoms with Crippen molar-refractivity contribution in [2.75, 3.05) is 11.1 Å². The van der Waals surface area contributed by atoms with E-state index in [9.17, 15) is 0 Å². The Balaban J connectivity index is 1.70. The molecule has 1 fully saturated rings. The van der Waals surface area contributed by atoms with Crippen molar-refractivity contribution in [1.29, 1.82) is 0 Å². The Morgan fingerprint density at radius 2 is 2.00 bits per heavy atom. The van der Waals surface area contributed by atoms with Crippen LogP contribution in [0.25, 0.3) is 22.0 Å². The van der Waals surface area contributed by atoms with Crippen LogP contribution in [0.3, 0.4) is 0 Å². The summed E-state index contributed by atoms with van der Waals surface area (Å²) in [4.78, 5) is 13.6. The number of hydrogen-bond acceptors (Lipinski definition) is 7. The first-order chi connectivity index (χ1) is 13.5. The van der Waals surface area contributed by atoms with Crippen LogP contribution < -0.4 is 16.8 Å². The fraction of sp³-hybridized carbons (Fsp3) is 0.500. The molecule has 2 atom stereocenters. The lowest BCUT2D eigenvalue weighted by Crippen LogP contribution is -2.42. The molecule has 5 N–H and O–H groups in total. The van der Waals surface area contributed by atoms with Crippen LogP contribution in [0, 0.1) is 5.92 Å². The molecule has 3 aromatic rings. The Morgan fingerprint density at radius 3 is 2.79 bits per heavy atom. The molecule has 3 aromatic heterocycles. The number of nitrogens with one attached hydrogen (secondary N) is 1. The molecule has 0 bridgehead atoms. The van der Waals surface area contributed by atoms with E-state index in [1.165, 1.54) is 12.8 Å². The predicted octanol–water partition coefficient (Wildman–Crippen LogP) is 2.81. The van der Waals surface area contributed by atoms with Crippen LogP contribution in [0.2, 0.25) is 0 Å². The molecule has 2 unspecified atom stereocenters. The summed E-state index contributed by atoms with van der Waals surface area (Å²) in [5, 5.41) is 8.64. The van der Waals surface area contributed by atoms with E-state index < -0.39 is 0 Å². The molecule has 3 heterocycles. The largest absolute Gasteiger partial charge is 0.383 e. The molecule has 1 aliphatic rings. The molecule has 0 aliphatic heterocycles. The number of aromatic nitrogens is 5. The lowest BCUT2D eigenvalue weighted by atomic mass is 9.91. The lowest BCUT2D eigenvalue weighted by Gasteiger charge is -2.29. The van der Waals surface area contributed by atoms with Crippen LogP contribution in [0.5, 0.6) is 0 Å². The smallest absolute Gasteiger partial charge is 0.223 e. The zero-order valence-electron chi connectivity index (χ0n) is 16.5. The van der Waals surface area contributed by atoms with Gasteiger partial charge in [0.2, 0.25) is 5.95 Å². The maximum absolute atomic E-state index is 6.27. The van der Waals surface area contributed by atoms with Gasteiger partial charge in [-0.25, -0.2) is 15.0 Å². The Labute approximate surface area is 164 Å². The van der Waals surface area contributed by atoms with E-state index in [2.05, 4.69) is 34.2 Å². The average molecular weight is 381 g/mol. The number of hydrogen-bond donors (Lipinski definition) is 3. The van der Waals surface area contributed by atoms with Gasteiger partial charge < -0.3 is 16.8 Å². The van der Waals surface area contributed by atoms with E-state index in [1.807, 2.05) is 17.1 Å². The van der Waals surface area contributed by atoms with E-state index >= 15 is 0 Å². The Kier molecular flexibility index (Phi) is 5.13. The summed E-state index contributed by atoms with van der Waals surface area (Å²) in [6, 6.07) is 0.326. The van der Waals surface area contributed by atoms with E-state index in [-0.39, 0.29) is 12.1 Å². The number of nitrogens with two attached hydrogens (primary N) is 2. The van der Waals surface area contributed by atoms with Gasteiger partial charge in [0.15, 0.2) is 0 Å². The molecule has 0 saturated heterocycles. The number of fused-ring (bicyclic) bond motifs is 1. The summed E-state index contributed by atoms with van der Waals surface area (Å²) in [5.41, 5.74) is 15.0. The predicted molar refractivity (Wildman–Crippen MR) is 112 cm³/mol. The van der Waals surface area contributed by atoms with Gasteiger partial charge in [-0.2, -0.15) is 5.10 Å². The summed E-state index contributed by atoms with van der Waals surface area (Å²) in [5.74, 6) is 1.53. The molecule has 148 valence electrons. The topological polar surface area (TPSA) is 121 Å². The maximum atomic E-state index is 6.27. The van der Waals surface area contributed by atoms with Crippen molar-refractivity contribution in [3.05, 3.63) is 24.8 Å². The first-order valence-electron chi connectivity index (χ1n) is 9.97. The number of nitrogen functional groups attached to an aromatic ring is 1. The summed E-state index contributed by atoms with van der Waals surface area (Å²) in [7, 11) is 0. The molecule has 8 heteroatoms. The maximum Gasteiger partial charge on any atom is 0.223 e. The number of nitrogens with zero attached hydrogens (tertiary/aromatic N) is 5. The van der Waals surface area contributed by atoms with Crippen molar-refractivity contribution in [1.82, 2.24) is 24.7 Å². The van der Waals surface area contributed by atoms with E-state index in [4.69, 9.17) is 16.5 Å². The molecule has 1 saturated carbocycles. The average Bonchev–Trinajstić information content (AvgIpc) is 3.11. The minimum Gasteiger partial charge on any atom is -0.383 e. The molecular formula is C20H28N8. The molecule has 0 amide bonds. The normalized spacial score (nSPS) is 20.0. The number of pyridine rings is 1. The second-order valence-corrected chi connectivity index (χ2v) is 8.06. The lowest BCUT2D eigenvalue weighted by molar-refractivity contribution is 0.402. The standard InChI is InChI=1S/C20H28N8/c1-12(2)10-28-11-13(7-25-28)14-8-23-19(22)15-9-24-20(27-18(14)15)26-17-6-4-3-5-16(17)21/h7-9,11-12,16-17H,3-6,10,21H2,1-2H3,(H2,22,23)(H,24,26,27). The number of rotatable bonds is 5. The Bertz CT molecular complexity index is 964. The molecule has 4 rings (SSSR count). The van der Waals surface area contributed by atoms with Crippen LogP contribution in [0.15, 0.2) is 24.8 Å². The SMILES string of the molecule is CC(C)Cn1cc(-c2cnc(N)c3cnc(NC4CCCCC4N)nc23)cn1. The van der Waals surface area contributed by atoms with Crippen molar-refractivity contribution in [3.63, 3.8) is 0 Å². The quantitative estimate of drug-likeness (QED) is 0.622. The third-order valence-corrected chi connectivity index (χ3v) is 5.28. The van der Waals surface area contributed by atoms with Gasteiger partial charge in [-0.05, 0) is 18.8 Å². The summed E-state index contributed by atoms with van der Waals surface area (Å²) in [6.45, 7) is 5.20. The third-order valence-electron chi connectivity index (χ3n) is 5.28. The molecule has 0 spiro atoms. The first kappa shape index (κ1) is 18.6. The zero-order valence-corrected chi connectivity index (χ0v) is 16.5. The van der Waals surface area contributed by atoms with Gasteiger partial charge in [0.05, 0.1) is 17.1 Å². The van der Waals surface area contributed by atoms with Crippen molar-refractivity contribution < 1.29 is 0 Å². The number of anilines is 2. The van der Waals surface area contributed by atoms with E-state index in [0.29, 0.717) is 17.7 Å². The van der Waals surface area contributed by atoms with Crippen molar-refractivity contribution in [2.45, 2.75) is 58.2 Å². The molecule has 0 aromatic carbocycles. The van der Waals surface area contributed by atoms with Crippen LogP contribution in [-0.4, -0.2) is 36.8 Å². The molecule has 28 heavy (non-hydrogen) atoms. The highest BCUT2D eigenvalue weighted by atomic mass is 15.3. The Morgan fingerprint density at radius 1 is 1.18 bits per heavy atom. The highest BCUT2D eigenvalue weighted by molar-refractivity contribution is 5.98. The van der Waals surface area contributed by atoms with Gasteiger partial charge in [-0.15, -0.1) is 0 Å². The van der Waals surface area contributed by atoms with E-state index in [0.717, 1.165) is 41.4 Å². The van der Waals surface area contributed by atoms with Crippen LogP contribution in [0.1, 0.15) is 39.5 Å². The van der Waals surface area contributed by atoms with Crippen LogP contribution >= 0.6 is 0 Å². The highest BCUT2D eigenvalue weighted by Gasteiger charge is 2.22. The minimum atomic E-state index is 0.129. The highest BCUT2D eigenvalue weighted by Crippen LogP contribution is 2.30. The summed E-state index contributed by atoms with van der Waals surface area (Å²) < 4.78 is 1.95. The third kappa shape index (κ3) is 3.77. The van der Waals surface area contributed by atoms with E-state index in [1.54, 1.807) is 12.4 Å². The van der Waals surface area contributed by atoms with Gasteiger partial charge in [-0.1, -0.05) is 26.7 Å².